The standard InChI is InChI=1S/C11H9N3O/c1-7-2-3-9-8(6-7)14-10-11(15-9)13-5-4-12-10/h2-6H,1H3,(H,12,14). The predicted octanol–water partition coefficient (Wildman–Crippen LogP) is 2.63. The van der Waals surface area contributed by atoms with Crippen molar-refractivity contribution in [3.8, 4) is 11.6 Å². The van der Waals surface area contributed by atoms with E-state index in [0.717, 1.165) is 11.4 Å². The van der Waals surface area contributed by atoms with E-state index in [0.29, 0.717) is 11.7 Å². The van der Waals surface area contributed by atoms with Crippen molar-refractivity contribution in [3.63, 3.8) is 0 Å². The van der Waals surface area contributed by atoms with Gasteiger partial charge in [0, 0.05) is 12.4 Å². The maximum Gasteiger partial charge on any atom is 0.263 e. The lowest BCUT2D eigenvalue weighted by atomic mass is 10.2. The average Bonchev–Trinajstić information content (AvgIpc) is 2.26. The quantitative estimate of drug-likeness (QED) is 0.604. The summed E-state index contributed by atoms with van der Waals surface area (Å²) in [5.74, 6) is 1.97. The molecule has 0 saturated heterocycles. The number of anilines is 2. The molecular weight excluding hydrogens is 190 g/mol. The lowest BCUT2D eigenvalue weighted by Gasteiger charge is -2.19. The van der Waals surface area contributed by atoms with Crippen LogP contribution in [0.1, 0.15) is 5.56 Å². The van der Waals surface area contributed by atoms with E-state index in [4.69, 9.17) is 4.74 Å². The third kappa shape index (κ3) is 1.30. The van der Waals surface area contributed by atoms with E-state index in [-0.39, 0.29) is 0 Å². The first kappa shape index (κ1) is 8.23. The van der Waals surface area contributed by atoms with Gasteiger partial charge in [-0.15, -0.1) is 0 Å². The third-order valence-electron chi connectivity index (χ3n) is 2.26. The van der Waals surface area contributed by atoms with Gasteiger partial charge >= 0.3 is 0 Å². The van der Waals surface area contributed by atoms with Crippen LogP contribution in [-0.2, 0) is 0 Å². The largest absolute Gasteiger partial charge is 0.434 e. The van der Waals surface area contributed by atoms with Crippen LogP contribution in [0.3, 0.4) is 0 Å². The van der Waals surface area contributed by atoms with Gasteiger partial charge in [0.15, 0.2) is 11.6 Å². The minimum atomic E-state index is 0.522. The molecule has 1 N–H and O–H groups in total. The maximum absolute atomic E-state index is 5.60. The molecule has 0 saturated carbocycles. The summed E-state index contributed by atoms with van der Waals surface area (Å²) in [6.07, 6.45) is 3.25. The van der Waals surface area contributed by atoms with Crippen LogP contribution in [0.25, 0.3) is 0 Å². The van der Waals surface area contributed by atoms with Crippen LogP contribution >= 0.6 is 0 Å². The van der Waals surface area contributed by atoms with E-state index >= 15 is 0 Å². The summed E-state index contributed by atoms with van der Waals surface area (Å²) in [5, 5.41) is 3.18. The number of aromatic nitrogens is 2. The smallest absolute Gasteiger partial charge is 0.263 e. The molecule has 0 radical (unpaired) electrons. The van der Waals surface area contributed by atoms with Gasteiger partial charge in [-0.3, -0.25) is 0 Å². The van der Waals surface area contributed by atoms with Crippen molar-refractivity contribution < 1.29 is 4.74 Å². The van der Waals surface area contributed by atoms with Crippen molar-refractivity contribution in [2.75, 3.05) is 5.32 Å². The molecule has 2 aromatic rings. The Balaban J connectivity index is 2.11. The summed E-state index contributed by atoms with van der Waals surface area (Å²) in [4.78, 5) is 8.24. The minimum absolute atomic E-state index is 0.522. The Labute approximate surface area is 87.0 Å². The number of hydrogen-bond donors (Lipinski definition) is 1. The van der Waals surface area contributed by atoms with Gasteiger partial charge in [-0.05, 0) is 24.6 Å². The van der Waals surface area contributed by atoms with Crippen molar-refractivity contribution >= 4 is 11.5 Å². The summed E-state index contributed by atoms with van der Waals surface area (Å²) in [6.45, 7) is 2.04. The fourth-order valence-electron chi connectivity index (χ4n) is 1.55. The topological polar surface area (TPSA) is 47.0 Å². The van der Waals surface area contributed by atoms with Gasteiger partial charge in [0.25, 0.3) is 5.88 Å². The summed E-state index contributed by atoms with van der Waals surface area (Å²) < 4.78 is 5.60. The molecule has 1 aliphatic heterocycles. The number of nitrogens with one attached hydrogen (secondary N) is 1. The Morgan fingerprint density at radius 3 is 3.00 bits per heavy atom. The molecule has 0 amide bonds. The fraction of sp³-hybridized carbons (Fsp3) is 0.0909. The highest BCUT2D eigenvalue weighted by atomic mass is 16.5. The summed E-state index contributed by atoms with van der Waals surface area (Å²) in [5.41, 5.74) is 2.11. The molecule has 1 aromatic carbocycles. The molecular formula is C11H9N3O. The van der Waals surface area contributed by atoms with Crippen LogP contribution in [0.15, 0.2) is 30.6 Å². The second-order valence-corrected chi connectivity index (χ2v) is 3.44. The summed E-state index contributed by atoms with van der Waals surface area (Å²) in [7, 11) is 0. The molecule has 2 heterocycles. The second-order valence-electron chi connectivity index (χ2n) is 3.44. The number of hydrogen-bond acceptors (Lipinski definition) is 4. The number of rotatable bonds is 0. The number of fused-ring (bicyclic) bond motifs is 2. The molecule has 4 heteroatoms. The Hall–Kier alpha value is -2.10. The third-order valence-corrected chi connectivity index (χ3v) is 2.26. The SMILES string of the molecule is Cc1ccc2c(c1)Nc1nccnc1O2. The van der Waals surface area contributed by atoms with Gasteiger partial charge in [0.05, 0.1) is 5.69 Å². The molecule has 15 heavy (non-hydrogen) atoms. The highest BCUT2D eigenvalue weighted by Crippen LogP contribution is 2.39. The van der Waals surface area contributed by atoms with Crippen molar-refractivity contribution in [2.45, 2.75) is 6.92 Å². The molecule has 0 fully saturated rings. The van der Waals surface area contributed by atoms with Crippen molar-refractivity contribution in [1.82, 2.24) is 9.97 Å². The van der Waals surface area contributed by atoms with Crippen LogP contribution in [-0.4, -0.2) is 9.97 Å². The molecule has 3 rings (SSSR count). The van der Waals surface area contributed by atoms with Crippen LogP contribution in [0.5, 0.6) is 11.6 Å². The lowest BCUT2D eigenvalue weighted by molar-refractivity contribution is 0.458. The van der Waals surface area contributed by atoms with E-state index in [2.05, 4.69) is 15.3 Å². The molecule has 1 aliphatic rings. The lowest BCUT2D eigenvalue weighted by Crippen LogP contribution is -2.05. The van der Waals surface area contributed by atoms with Gasteiger partial charge < -0.3 is 10.1 Å². The zero-order valence-corrected chi connectivity index (χ0v) is 8.19. The molecule has 0 aliphatic carbocycles. The number of ether oxygens (including phenoxy) is 1. The van der Waals surface area contributed by atoms with Crippen molar-refractivity contribution in [1.29, 1.82) is 0 Å². The second kappa shape index (κ2) is 2.95. The molecule has 1 aromatic heterocycles. The van der Waals surface area contributed by atoms with Gasteiger partial charge in [-0.2, -0.15) is 0 Å². The van der Waals surface area contributed by atoms with E-state index in [1.807, 2.05) is 25.1 Å². The van der Waals surface area contributed by atoms with Crippen LogP contribution < -0.4 is 10.1 Å². The first-order chi connectivity index (χ1) is 7.33. The fourth-order valence-corrected chi connectivity index (χ4v) is 1.55. The predicted molar refractivity (Wildman–Crippen MR) is 56.6 cm³/mol. The number of aryl methyl sites for hydroxylation is 1. The first-order valence-electron chi connectivity index (χ1n) is 4.69. The Kier molecular flexibility index (Phi) is 1.62. The van der Waals surface area contributed by atoms with Gasteiger partial charge in [0.1, 0.15) is 0 Å². The zero-order chi connectivity index (χ0) is 10.3. The van der Waals surface area contributed by atoms with E-state index in [1.165, 1.54) is 5.56 Å². The number of nitrogens with zero attached hydrogens (tertiary/aromatic N) is 2. The molecule has 0 bridgehead atoms. The molecule has 0 spiro atoms. The van der Waals surface area contributed by atoms with Crippen molar-refractivity contribution in [2.24, 2.45) is 0 Å². The molecule has 0 unspecified atom stereocenters. The van der Waals surface area contributed by atoms with Crippen LogP contribution in [0.2, 0.25) is 0 Å². The first-order valence-corrected chi connectivity index (χ1v) is 4.69. The van der Waals surface area contributed by atoms with Gasteiger partial charge in [-0.25, -0.2) is 9.97 Å². The van der Waals surface area contributed by atoms with Crippen LogP contribution in [0.4, 0.5) is 11.5 Å². The zero-order valence-electron chi connectivity index (χ0n) is 8.19. The Morgan fingerprint density at radius 1 is 1.20 bits per heavy atom. The summed E-state index contributed by atoms with van der Waals surface area (Å²) >= 11 is 0. The summed E-state index contributed by atoms with van der Waals surface area (Å²) in [6, 6.07) is 5.95. The van der Waals surface area contributed by atoms with Gasteiger partial charge in [0.2, 0.25) is 0 Å². The average molecular weight is 199 g/mol. The Morgan fingerprint density at radius 2 is 2.07 bits per heavy atom. The van der Waals surface area contributed by atoms with Crippen LogP contribution in [0, 0.1) is 6.92 Å². The monoisotopic (exact) mass is 199 g/mol. The minimum Gasteiger partial charge on any atom is -0.434 e. The van der Waals surface area contributed by atoms with E-state index < -0.39 is 0 Å². The molecule has 0 atom stereocenters. The Bertz CT molecular complexity index is 525. The normalized spacial score (nSPS) is 12.1. The number of benzene rings is 1. The van der Waals surface area contributed by atoms with Crippen molar-refractivity contribution in [3.05, 3.63) is 36.2 Å². The highest BCUT2D eigenvalue weighted by molar-refractivity contribution is 5.71. The van der Waals surface area contributed by atoms with E-state index in [9.17, 15) is 0 Å². The van der Waals surface area contributed by atoms with E-state index in [1.54, 1.807) is 12.4 Å². The molecule has 74 valence electrons. The maximum atomic E-state index is 5.60. The highest BCUT2D eigenvalue weighted by Gasteiger charge is 2.17. The molecule has 4 nitrogen and oxygen atoms in total. The van der Waals surface area contributed by atoms with Gasteiger partial charge in [-0.1, -0.05) is 6.07 Å².